The molecule has 0 atom stereocenters. The van der Waals surface area contributed by atoms with Gasteiger partial charge < -0.3 is 15.7 Å². The highest BCUT2D eigenvalue weighted by atomic mass is 33.1. The number of nitro groups is 4. The van der Waals surface area contributed by atoms with Crippen LogP contribution in [0.3, 0.4) is 0 Å². The number of aldehydes is 1. The fourth-order valence-electron chi connectivity index (χ4n) is 2.93. The molecule has 0 aliphatic carbocycles. The summed E-state index contributed by atoms with van der Waals surface area (Å²) in [5, 5.41) is 59.4. The smallest absolute Gasteiger partial charge is 0.336 e. The average molecular weight is 556 g/mol. The molecule has 0 unspecified atom stereocenters. The lowest BCUT2D eigenvalue weighted by Crippen LogP contribution is -2.11. The summed E-state index contributed by atoms with van der Waals surface area (Å²) in [6, 6.07) is 3.25. The van der Waals surface area contributed by atoms with Crippen LogP contribution in [0, 0.1) is 40.5 Å². The van der Waals surface area contributed by atoms with E-state index in [2.05, 4.69) is 10.6 Å². The van der Waals surface area contributed by atoms with Crippen LogP contribution >= 0.6 is 21.6 Å². The average Bonchev–Trinajstić information content (AvgIpc) is 2.84. The zero-order valence-corrected chi connectivity index (χ0v) is 20.0. The molecule has 2 aromatic rings. The van der Waals surface area contributed by atoms with E-state index in [0.29, 0.717) is 17.9 Å². The zero-order chi connectivity index (χ0) is 27.7. The molecule has 0 spiro atoms. The molecule has 0 fully saturated rings. The largest absolute Gasteiger partial charge is 0.478 e. The Morgan fingerprint density at radius 1 is 0.757 bits per heavy atom. The van der Waals surface area contributed by atoms with Crippen LogP contribution in [0.5, 0.6) is 0 Å². The molecule has 0 amide bonds. The first-order valence-electron chi connectivity index (χ1n) is 9.82. The molecule has 3 N–H and O–H groups in total. The zero-order valence-electron chi connectivity index (χ0n) is 18.4. The number of nitro benzene ring substituents is 4. The molecule has 37 heavy (non-hydrogen) atoms. The second-order valence-electron chi connectivity index (χ2n) is 6.77. The molecule has 0 aliphatic heterocycles. The van der Waals surface area contributed by atoms with Crippen molar-refractivity contribution in [2.75, 3.05) is 35.2 Å². The Labute approximate surface area is 213 Å². The van der Waals surface area contributed by atoms with Gasteiger partial charge in [0, 0.05) is 54.4 Å². The van der Waals surface area contributed by atoms with Crippen LogP contribution in [-0.2, 0) is 0 Å². The first-order chi connectivity index (χ1) is 17.5. The minimum Gasteiger partial charge on any atom is -0.478 e. The summed E-state index contributed by atoms with van der Waals surface area (Å²) in [4.78, 5) is 63.6. The molecule has 2 aromatic carbocycles. The maximum absolute atomic E-state index is 11.3. The topological polar surface area (TPSA) is 251 Å². The fraction of sp³-hybridized carbons (Fsp3) is 0.222. The van der Waals surface area contributed by atoms with Crippen LogP contribution < -0.4 is 10.6 Å². The van der Waals surface area contributed by atoms with Crippen LogP contribution in [0.15, 0.2) is 24.3 Å². The summed E-state index contributed by atoms with van der Waals surface area (Å²) in [7, 11) is 2.48. The normalized spacial score (nSPS) is 10.4. The van der Waals surface area contributed by atoms with E-state index in [0.717, 1.165) is 12.1 Å². The van der Waals surface area contributed by atoms with Crippen molar-refractivity contribution in [2.24, 2.45) is 0 Å². The summed E-state index contributed by atoms with van der Waals surface area (Å²) < 4.78 is 0. The number of carbonyl (C=O) groups is 2. The number of anilines is 2. The first kappa shape index (κ1) is 28.7. The minimum absolute atomic E-state index is 0.0310. The number of carboxylic acid groups (broad SMARTS) is 1. The Hall–Kier alpha value is -4.52. The maximum Gasteiger partial charge on any atom is 0.336 e. The van der Waals surface area contributed by atoms with Gasteiger partial charge in [0.25, 0.3) is 22.7 Å². The highest BCUT2D eigenvalue weighted by Gasteiger charge is 2.29. The Morgan fingerprint density at radius 3 is 1.41 bits per heavy atom. The molecule has 0 aromatic heterocycles. The molecule has 17 nitrogen and oxygen atoms in total. The number of hydrogen-bond donors (Lipinski definition) is 3. The van der Waals surface area contributed by atoms with Gasteiger partial charge >= 0.3 is 5.97 Å². The number of carbonyl (C=O) groups excluding carboxylic acids is 1. The van der Waals surface area contributed by atoms with E-state index in [1.54, 1.807) is 0 Å². The van der Waals surface area contributed by atoms with E-state index < -0.39 is 59.7 Å². The van der Waals surface area contributed by atoms with E-state index >= 15 is 0 Å². The lowest BCUT2D eigenvalue weighted by Gasteiger charge is -2.09. The molecule has 19 heteroatoms. The van der Waals surface area contributed by atoms with Gasteiger partial charge in [0.15, 0.2) is 17.7 Å². The number of rotatable bonds is 15. The highest BCUT2D eigenvalue weighted by molar-refractivity contribution is 8.76. The lowest BCUT2D eigenvalue weighted by molar-refractivity contribution is -0.392. The van der Waals surface area contributed by atoms with Crippen molar-refractivity contribution in [3.63, 3.8) is 0 Å². The molecule has 0 saturated heterocycles. The molecular formula is C18H16N6O11S2. The minimum atomic E-state index is -1.56. The van der Waals surface area contributed by atoms with E-state index in [9.17, 15) is 50.0 Å². The number of carboxylic acids is 1. The molecular weight excluding hydrogens is 540 g/mol. The van der Waals surface area contributed by atoms with Gasteiger partial charge in [-0.15, -0.1) is 0 Å². The first-order valence-corrected chi connectivity index (χ1v) is 12.3. The Kier molecular flexibility index (Phi) is 10.1. The molecule has 196 valence electrons. The summed E-state index contributed by atoms with van der Waals surface area (Å²) in [5.41, 5.74) is -4.41. The SMILES string of the molecule is O=Cc1cc([N+](=O)[O-])c(NCCSSCCNc2c([N+](=O)[O-])cc(C(=O)O)cc2[N+](=O)[O-])c([N+](=O)[O-])c1. The van der Waals surface area contributed by atoms with Crippen molar-refractivity contribution in [3.05, 3.63) is 75.8 Å². The van der Waals surface area contributed by atoms with Crippen LogP contribution in [0.25, 0.3) is 0 Å². The van der Waals surface area contributed by atoms with E-state index in [-0.39, 0.29) is 36.4 Å². The van der Waals surface area contributed by atoms with Gasteiger partial charge in [0.1, 0.15) is 0 Å². The maximum atomic E-state index is 11.3. The molecule has 0 aliphatic rings. The van der Waals surface area contributed by atoms with Crippen molar-refractivity contribution >= 4 is 68.0 Å². The number of aromatic carboxylic acids is 1. The fourth-order valence-corrected chi connectivity index (χ4v) is 4.74. The number of hydrogen-bond acceptors (Lipinski definition) is 14. The van der Waals surface area contributed by atoms with Gasteiger partial charge in [0.05, 0.1) is 25.3 Å². The second kappa shape index (κ2) is 13.0. The van der Waals surface area contributed by atoms with Gasteiger partial charge in [-0.25, -0.2) is 4.79 Å². The number of nitrogens with zero attached hydrogens (tertiary/aromatic N) is 4. The van der Waals surface area contributed by atoms with Crippen LogP contribution in [-0.4, -0.2) is 61.7 Å². The van der Waals surface area contributed by atoms with Crippen molar-refractivity contribution in [1.29, 1.82) is 0 Å². The lowest BCUT2D eigenvalue weighted by atomic mass is 10.1. The van der Waals surface area contributed by atoms with E-state index in [1.807, 2.05) is 0 Å². The van der Waals surface area contributed by atoms with Crippen molar-refractivity contribution < 1.29 is 34.4 Å². The molecule has 0 radical (unpaired) electrons. The Morgan fingerprint density at radius 2 is 1.11 bits per heavy atom. The van der Waals surface area contributed by atoms with Crippen LogP contribution in [0.2, 0.25) is 0 Å². The predicted octanol–water partition coefficient (Wildman–Crippen LogP) is 3.74. The van der Waals surface area contributed by atoms with Gasteiger partial charge in [-0.2, -0.15) is 0 Å². The van der Waals surface area contributed by atoms with Gasteiger partial charge in [0.2, 0.25) is 0 Å². The van der Waals surface area contributed by atoms with E-state index in [4.69, 9.17) is 5.11 Å². The summed E-state index contributed by atoms with van der Waals surface area (Å²) >= 11 is 0. The number of nitrogens with one attached hydrogen (secondary N) is 2. The third-order valence-electron chi connectivity index (χ3n) is 4.44. The van der Waals surface area contributed by atoms with Gasteiger partial charge in [-0.05, 0) is 0 Å². The Bertz CT molecular complexity index is 1200. The van der Waals surface area contributed by atoms with Crippen molar-refractivity contribution in [1.82, 2.24) is 0 Å². The quantitative estimate of drug-likeness (QED) is 0.0928. The number of benzene rings is 2. The van der Waals surface area contributed by atoms with Gasteiger partial charge in [-0.1, -0.05) is 21.6 Å². The van der Waals surface area contributed by atoms with E-state index in [1.165, 1.54) is 21.6 Å². The molecule has 2 rings (SSSR count). The van der Waals surface area contributed by atoms with Gasteiger partial charge in [-0.3, -0.25) is 45.3 Å². The predicted molar refractivity (Wildman–Crippen MR) is 134 cm³/mol. The summed E-state index contributed by atoms with van der Waals surface area (Å²) in [6.45, 7) is 0.101. The summed E-state index contributed by atoms with van der Waals surface area (Å²) in [6.07, 6.45) is 0.258. The second-order valence-corrected chi connectivity index (χ2v) is 9.47. The molecule has 0 bridgehead atoms. The molecule has 0 heterocycles. The van der Waals surface area contributed by atoms with Crippen molar-refractivity contribution in [2.45, 2.75) is 0 Å². The Balaban J connectivity index is 1.96. The standard InChI is InChI=1S/C18H16N6O11S2/c25-9-10-5-12(21(28)29)16(13(6-10)22(30)31)19-1-3-36-37-4-2-20-17-14(23(32)33)7-11(18(26)27)8-15(17)24(34)35/h5-9,19-20H,1-4H2,(H,26,27). The molecule has 0 saturated carbocycles. The third kappa shape index (κ3) is 7.48. The van der Waals surface area contributed by atoms with Crippen LogP contribution in [0.4, 0.5) is 34.1 Å². The monoisotopic (exact) mass is 556 g/mol. The van der Waals surface area contributed by atoms with Crippen LogP contribution in [0.1, 0.15) is 20.7 Å². The highest BCUT2D eigenvalue weighted by Crippen LogP contribution is 2.37. The third-order valence-corrected chi connectivity index (χ3v) is 6.85. The van der Waals surface area contributed by atoms with Crippen molar-refractivity contribution in [3.8, 4) is 0 Å². The summed E-state index contributed by atoms with van der Waals surface area (Å²) in [5.74, 6) is -0.968.